The average Bonchev–Trinajstić information content (AvgIpc) is 2.60. The number of halogens is 1. The summed E-state index contributed by atoms with van der Waals surface area (Å²) in [5, 5.41) is 6.66. The third-order valence-electron chi connectivity index (χ3n) is 4.22. The summed E-state index contributed by atoms with van der Waals surface area (Å²) in [6.07, 6.45) is 0. The van der Waals surface area contributed by atoms with Crippen molar-refractivity contribution < 1.29 is 9.13 Å². The van der Waals surface area contributed by atoms with E-state index in [0.717, 1.165) is 50.9 Å². The normalized spacial score (nSPS) is 17.6. The Morgan fingerprint density at radius 2 is 2.08 bits per heavy atom. The molecule has 1 saturated heterocycles. The molecule has 2 rings (SSSR count). The quantitative estimate of drug-likeness (QED) is 0.615. The van der Waals surface area contributed by atoms with E-state index in [0.29, 0.717) is 18.2 Å². The minimum atomic E-state index is -0.174. The monoisotopic (exact) mass is 336 g/mol. The van der Waals surface area contributed by atoms with Crippen LogP contribution in [0.5, 0.6) is 0 Å². The lowest BCUT2D eigenvalue weighted by molar-refractivity contribution is 0.0211. The van der Waals surface area contributed by atoms with Crippen LogP contribution >= 0.6 is 0 Å². The molecule has 1 fully saturated rings. The molecule has 0 spiro atoms. The Morgan fingerprint density at radius 3 is 2.75 bits per heavy atom. The van der Waals surface area contributed by atoms with Crippen LogP contribution in [0, 0.1) is 12.7 Å². The Labute approximate surface area is 144 Å². The van der Waals surface area contributed by atoms with E-state index in [1.54, 1.807) is 13.0 Å². The zero-order chi connectivity index (χ0) is 17.4. The topological polar surface area (TPSA) is 48.9 Å². The Hall–Kier alpha value is -1.66. The molecule has 5 nitrogen and oxygen atoms in total. The first kappa shape index (κ1) is 18.7. The summed E-state index contributed by atoms with van der Waals surface area (Å²) >= 11 is 0. The van der Waals surface area contributed by atoms with Gasteiger partial charge >= 0.3 is 0 Å². The molecular weight excluding hydrogens is 307 g/mol. The fourth-order valence-electron chi connectivity index (χ4n) is 2.71. The van der Waals surface area contributed by atoms with Crippen molar-refractivity contribution in [2.24, 2.45) is 4.99 Å². The number of hydrogen-bond acceptors (Lipinski definition) is 3. The van der Waals surface area contributed by atoms with E-state index >= 15 is 0 Å². The van der Waals surface area contributed by atoms with Crippen LogP contribution in [0.3, 0.4) is 0 Å². The third-order valence-corrected chi connectivity index (χ3v) is 4.22. The van der Waals surface area contributed by atoms with Gasteiger partial charge in [-0.3, -0.25) is 4.90 Å². The van der Waals surface area contributed by atoms with Gasteiger partial charge in [0.2, 0.25) is 0 Å². The van der Waals surface area contributed by atoms with Crippen LogP contribution in [-0.2, 0) is 11.3 Å². The van der Waals surface area contributed by atoms with Crippen LogP contribution in [0.15, 0.2) is 23.2 Å². The molecule has 0 radical (unpaired) electrons. The minimum absolute atomic E-state index is 0.174. The number of guanidine groups is 1. The second-order valence-electron chi connectivity index (χ2n) is 6.16. The second-order valence-corrected chi connectivity index (χ2v) is 6.16. The van der Waals surface area contributed by atoms with Gasteiger partial charge in [0, 0.05) is 32.2 Å². The second kappa shape index (κ2) is 9.59. The Bertz CT molecular complexity index is 544. The summed E-state index contributed by atoms with van der Waals surface area (Å²) in [4.78, 5) is 7.02. The van der Waals surface area contributed by atoms with Gasteiger partial charge in [-0.1, -0.05) is 12.1 Å². The molecule has 134 valence electrons. The fourth-order valence-corrected chi connectivity index (χ4v) is 2.71. The van der Waals surface area contributed by atoms with Crippen molar-refractivity contribution >= 4 is 5.96 Å². The van der Waals surface area contributed by atoms with Gasteiger partial charge in [-0.25, -0.2) is 9.38 Å². The van der Waals surface area contributed by atoms with E-state index in [9.17, 15) is 4.39 Å². The van der Waals surface area contributed by atoms with Crippen molar-refractivity contribution in [3.63, 3.8) is 0 Å². The number of nitrogens with one attached hydrogen (secondary N) is 2. The summed E-state index contributed by atoms with van der Waals surface area (Å²) < 4.78 is 18.7. The maximum absolute atomic E-state index is 13.3. The number of aliphatic imine (C=N–C) groups is 1. The van der Waals surface area contributed by atoms with E-state index in [1.807, 2.05) is 13.0 Å². The lowest BCUT2D eigenvalue weighted by Gasteiger charge is -2.32. The molecule has 0 bridgehead atoms. The van der Waals surface area contributed by atoms with Crippen molar-refractivity contribution in [2.75, 3.05) is 39.4 Å². The number of rotatable bonds is 6. The van der Waals surface area contributed by atoms with Gasteiger partial charge in [-0.15, -0.1) is 0 Å². The zero-order valence-corrected chi connectivity index (χ0v) is 14.9. The van der Waals surface area contributed by atoms with Gasteiger partial charge < -0.3 is 15.4 Å². The van der Waals surface area contributed by atoms with Crippen LogP contribution in [0.4, 0.5) is 4.39 Å². The minimum Gasteiger partial charge on any atom is -0.379 e. The van der Waals surface area contributed by atoms with Crippen molar-refractivity contribution in [3.8, 4) is 0 Å². The van der Waals surface area contributed by atoms with Crippen LogP contribution in [0.25, 0.3) is 0 Å². The Balaban J connectivity index is 1.88. The molecule has 1 atom stereocenters. The number of morpholine rings is 1. The number of aryl methyl sites for hydroxylation is 1. The molecule has 0 aromatic heterocycles. The molecule has 1 heterocycles. The van der Waals surface area contributed by atoms with Crippen LogP contribution in [0.1, 0.15) is 25.0 Å². The van der Waals surface area contributed by atoms with E-state index in [2.05, 4.69) is 27.4 Å². The SMILES string of the molecule is CCNC(=NCc1ccc(F)c(C)c1)NCC(C)N1CCOCC1. The molecule has 1 aromatic carbocycles. The molecule has 1 aliphatic rings. The molecule has 0 amide bonds. The number of nitrogens with zero attached hydrogens (tertiary/aromatic N) is 2. The smallest absolute Gasteiger partial charge is 0.191 e. The molecule has 2 N–H and O–H groups in total. The zero-order valence-electron chi connectivity index (χ0n) is 14.9. The summed E-state index contributed by atoms with van der Waals surface area (Å²) in [7, 11) is 0. The lowest BCUT2D eigenvalue weighted by atomic mass is 10.1. The Morgan fingerprint density at radius 1 is 1.33 bits per heavy atom. The highest BCUT2D eigenvalue weighted by molar-refractivity contribution is 5.79. The van der Waals surface area contributed by atoms with Crippen LogP contribution < -0.4 is 10.6 Å². The van der Waals surface area contributed by atoms with Crippen LogP contribution in [-0.4, -0.2) is 56.3 Å². The van der Waals surface area contributed by atoms with Gasteiger partial charge in [0.05, 0.1) is 19.8 Å². The van der Waals surface area contributed by atoms with E-state index in [-0.39, 0.29) is 5.82 Å². The molecule has 0 aliphatic carbocycles. The first-order valence-corrected chi connectivity index (χ1v) is 8.69. The fraction of sp³-hybridized carbons (Fsp3) is 0.611. The average molecular weight is 336 g/mol. The summed E-state index contributed by atoms with van der Waals surface area (Å²) in [5.41, 5.74) is 1.66. The highest BCUT2D eigenvalue weighted by Gasteiger charge is 2.16. The number of ether oxygens (including phenoxy) is 1. The van der Waals surface area contributed by atoms with E-state index < -0.39 is 0 Å². The van der Waals surface area contributed by atoms with Gasteiger partial charge in [0.15, 0.2) is 5.96 Å². The van der Waals surface area contributed by atoms with Gasteiger partial charge in [-0.05, 0) is 38.0 Å². The van der Waals surface area contributed by atoms with Crippen molar-refractivity contribution in [1.29, 1.82) is 0 Å². The molecule has 6 heteroatoms. The van der Waals surface area contributed by atoms with Crippen molar-refractivity contribution in [3.05, 3.63) is 35.1 Å². The van der Waals surface area contributed by atoms with Crippen molar-refractivity contribution in [2.45, 2.75) is 33.4 Å². The summed E-state index contributed by atoms with van der Waals surface area (Å²) in [6, 6.07) is 5.55. The highest BCUT2D eigenvalue weighted by atomic mass is 19.1. The van der Waals surface area contributed by atoms with E-state index in [1.165, 1.54) is 6.07 Å². The predicted octanol–water partition coefficient (Wildman–Crippen LogP) is 1.91. The largest absolute Gasteiger partial charge is 0.379 e. The van der Waals surface area contributed by atoms with Gasteiger partial charge in [0.25, 0.3) is 0 Å². The first-order valence-electron chi connectivity index (χ1n) is 8.69. The molecular formula is C18H29FN4O. The maximum Gasteiger partial charge on any atom is 0.191 e. The summed E-state index contributed by atoms with van der Waals surface area (Å²) in [5.74, 6) is 0.617. The lowest BCUT2D eigenvalue weighted by Crippen LogP contribution is -2.49. The Kier molecular flexibility index (Phi) is 7.46. The van der Waals surface area contributed by atoms with E-state index in [4.69, 9.17) is 4.74 Å². The van der Waals surface area contributed by atoms with Crippen molar-refractivity contribution in [1.82, 2.24) is 15.5 Å². The highest BCUT2D eigenvalue weighted by Crippen LogP contribution is 2.10. The number of benzene rings is 1. The van der Waals surface area contributed by atoms with Gasteiger partial charge in [-0.2, -0.15) is 0 Å². The van der Waals surface area contributed by atoms with Crippen LogP contribution in [0.2, 0.25) is 0 Å². The molecule has 0 saturated carbocycles. The summed E-state index contributed by atoms with van der Waals surface area (Å²) in [6.45, 7) is 11.8. The molecule has 1 aliphatic heterocycles. The van der Waals surface area contributed by atoms with Gasteiger partial charge in [0.1, 0.15) is 5.82 Å². The predicted molar refractivity (Wildman–Crippen MR) is 95.8 cm³/mol. The maximum atomic E-state index is 13.3. The first-order chi connectivity index (χ1) is 11.6. The molecule has 24 heavy (non-hydrogen) atoms. The third kappa shape index (κ3) is 5.76. The standard InChI is InChI=1S/C18H29FN4O/c1-4-20-18(21-12-15(3)23-7-9-24-10-8-23)22-13-16-5-6-17(19)14(2)11-16/h5-6,11,15H,4,7-10,12-13H2,1-3H3,(H2,20,21,22). The number of hydrogen-bond donors (Lipinski definition) is 2. The molecule has 1 unspecified atom stereocenters. The molecule has 1 aromatic rings.